The molecule has 2 rings (SSSR count). The van der Waals surface area contributed by atoms with Crippen LogP contribution in [0.5, 0.6) is 0 Å². The fraction of sp³-hybridized carbons (Fsp3) is 0.333. The normalized spacial score (nSPS) is 12.4. The van der Waals surface area contributed by atoms with E-state index in [4.69, 9.17) is 0 Å². The Kier molecular flexibility index (Phi) is 5.54. The lowest BCUT2D eigenvalue weighted by molar-refractivity contribution is 0.545. The molecule has 1 N–H and O–H groups in total. The highest BCUT2D eigenvalue weighted by atomic mass is 32.2. The van der Waals surface area contributed by atoms with Crippen molar-refractivity contribution in [1.82, 2.24) is 0 Å². The number of anilines is 1. The van der Waals surface area contributed by atoms with Crippen LogP contribution in [0.1, 0.15) is 32.4 Å². The summed E-state index contributed by atoms with van der Waals surface area (Å²) in [6.45, 7) is 6.72. The van der Waals surface area contributed by atoms with Crippen molar-refractivity contribution in [3.05, 3.63) is 60.2 Å². The SMILES string of the molecule is CCSc1ccccc1NC(c1ccccc1)C(C)C. The van der Waals surface area contributed by atoms with Crippen LogP contribution < -0.4 is 5.32 Å². The molecule has 0 fully saturated rings. The van der Waals surface area contributed by atoms with Gasteiger partial charge in [-0.25, -0.2) is 0 Å². The van der Waals surface area contributed by atoms with Crippen LogP contribution in [-0.2, 0) is 0 Å². The van der Waals surface area contributed by atoms with Crippen molar-refractivity contribution in [1.29, 1.82) is 0 Å². The van der Waals surface area contributed by atoms with Crippen molar-refractivity contribution in [2.45, 2.75) is 31.7 Å². The molecular formula is C18H23NS. The van der Waals surface area contributed by atoms with Crippen molar-refractivity contribution in [2.24, 2.45) is 5.92 Å². The summed E-state index contributed by atoms with van der Waals surface area (Å²) in [7, 11) is 0. The molecule has 0 saturated carbocycles. The van der Waals surface area contributed by atoms with E-state index in [1.165, 1.54) is 16.1 Å². The Balaban J connectivity index is 2.25. The largest absolute Gasteiger partial charge is 0.377 e. The monoisotopic (exact) mass is 285 g/mol. The highest BCUT2D eigenvalue weighted by molar-refractivity contribution is 7.99. The third-order valence-corrected chi connectivity index (χ3v) is 4.28. The van der Waals surface area contributed by atoms with Gasteiger partial charge in [0.25, 0.3) is 0 Å². The first-order valence-corrected chi connectivity index (χ1v) is 8.24. The number of para-hydroxylation sites is 1. The van der Waals surface area contributed by atoms with Crippen LogP contribution in [0.15, 0.2) is 59.5 Å². The zero-order valence-electron chi connectivity index (χ0n) is 12.5. The van der Waals surface area contributed by atoms with Gasteiger partial charge in [0.1, 0.15) is 0 Å². The molecule has 1 unspecified atom stereocenters. The molecule has 0 radical (unpaired) electrons. The lowest BCUT2D eigenvalue weighted by Gasteiger charge is -2.25. The molecule has 20 heavy (non-hydrogen) atoms. The predicted molar refractivity (Wildman–Crippen MR) is 90.5 cm³/mol. The second-order valence-electron chi connectivity index (χ2n) is 5.21. The Bertz CT molecular complexity index is 522. The lowest BCUT2D eigenvalue weighted by atomic mass is 9.96. The molecule has 0 aliphatic rings. The van der Waals surface area contributed by atoms with Crippen LogP contribution in [0.3, 0.4) is 0 Å². The number of benzene rings is 2. The summed E-state index contributed by atoms with van der Waals surface area (Å²) >= 11 is 1.89. The van der Waals surface area contributed by atoms with Crippen molar-refractivity contribution in [2.75, 3.05) is 11.1 Å². The van der Waals surface area contributed by atoms with Gasteiger partial charge in [0.05, 0.1) is 6.04 Å². The minimum absolute atomic E-state index is 0.342. The molecule has 0 spiro atoms. The quantitative estimate of drug-likeness (QED) is 0.692. The van der Waals surface area contributed by atoms with Crippen molar-refractivity contribution >= 4 is 17.4 Å². The number of hydrogen-bond acceptors (Lipinski definition) is 2. The standard InChI is InChI=1S/C18H23NS/c1-4-20-17-13-9-8-12-16(17)19-18(14(2)3)15-10-6-5-7-11-15/h5-14,18-19H,4H2,1-3H3. The topological polar surface area (TPSA) is 12.0 Å². The van der Waals surface area contributed by atoms with E-state index in [0.717, 1.165) is 5.75 Å². The van der Waals surface area contributed by atoms with E-state index in [1.54, 1.807) is 0 Å². The summed E-state index contributed by atoms with van der Waals surface area (Å²) in [6.07, 6.45) is 0. The number of hydrogen-bond donors (Lipinski definition) is 1. The maximum Gasteiger partial charge on any atom is 0.0537 e. The smallest absolute Gasteiger partial charge is 0.0537 e. The van der Waals surface area contributed by atoms with E-state index >= 15 is 0 Å². The van der Waals surface area contributed by atoms with Crippen LogP contribution in [-0.4, -0.2) is 5.75 Å². The molecule has 0 aromatic heterocycles. The van der Waals surface area contributed by atoms with E-state index in [9.17, 15) is 0 Å². The van der Waals surface area contributed by atoms with Crippen LogP contribution in [0.2, 0.25) is 0 Å². The van der Waals surface area contributed by atoms with Crippen LogP contribution in [0, 0.1) is 5.92 Å². The van der Waals surface area contributed by atoms with E-state index < -0.39 is 0 Å². The minimum atomic E-state index is 0.342. The summed E-state index contributed by atoms with van der Waals surface area (Å²) in [4.78, 5) is 1.33. The lowest BCUT2D eigenvalue weighted by Crippen LogP contribution is -2.17. The van der Waals surface area contributed by atoms with Crippen LogP contribution in [0.25, 0.3) is 0 Å². The first-order valence-electron chi connectivity index (χ1n) is 7.25. The Labute approximate surface area is 126 Å². The van der Waals surface area contributed by atoms with Gasteiger partial charge in [0, 0.05) is 10.6 Å². The second-order valence-corrected chi connectivity index (χ2v) is 6.51. The molecule has 2 aromatic rings. The highest BCUT2D eigenvalue weighted by Gasteiger charge is 2.16. The van der Waals surface area contributed by atoms with Gasteiger partial charge in [0.2, 0.25) is 0 Å². The van der Waals surface area contributed by atoms with E-state index in [-0.39, 0.29) is 0 Å². The maximum absolute atomic E-state index is 3.73. The average molecular weight is 285 g/mol. The molecule has 1 atom stereocenters. The van der Waals surface area contributed by atoms with Crippen LogP contribution in [0.4, 0.5) is 5.69 Å². The Morgan fingerprint density at radius 3 is 2.25 bits per heavy atom. The molecule has 0 amide bonds. The molecule has 1 nitrogen and oxygen atoms in total. The van der Waals surface area contributed by atoms with Gasteiger partial charge < -0.3 is 5.32 Å². The van der Waals surface area contributed by atoms with Gasteiger partial charge in [-0.15, -0.1) is 11.8 Å². The third kappa shape index (κ3) is 3.80. The summed E-state index contributed by atoms with van der Waals surface area (Å²) in [5, 5.41) is 3.73. The Hall–Kier alpha value is -1.41. The molecule has 0 bridgehead atoms. The van der Waals surface area contributed by atoms with Crippen molar-refractivity contribution in [3.63, 3.8) is 0 Å². The summed E-state index contributed by atoms with van der Waals surface area (Å²) in [6, 6.07) is 19.6. The third-order valence-electron chi connectivity index (χ3n) is 3.32. The first kappa shape index (κ1) is 15.0. The molecule has 0 aliphatic heterocycles. The van der Waals surface area contributed by atoms with Gasteiger partial charge in [0.15, 0.2) is 0 Å². The minimum Gasteiger partial charge on any atom is -0.377 e. The number of nitrogens with one attached hydrogen (secondary N) is 1. The van der Waals surface area contributed by atoms with Gasteiger partial charge in [-0.05, 0) is 29.4 Å². The zero-order chi connectivity index (χ0) is 14.4. The van der Waals surface area contributed by atoms with Gasteiger partial charge >= 0.3 is 0 Å². The zero-order valence-corrected chi connectivity index (χ0v) is 13.3. The molecule has 0 saturated heterocycles. The van der Waals surface area contributed by atoms with Crippen LogP contribution >= 0.6 is 11.8 Å². The molecule has 0 aliphatic carbocycles. The molecule has 0 heterocycles. The van der Waals surface area contributed by atoms with Gasteiger partial charge in [-0.2, -0.15) is 0 Å². The number of rotatable bonds is 6. The molecular weight excluding hydrogens is 262 g/mol. The highest BCUT2D eigenvalue weighted by Crippen LogP contribution is 2.32. The summed E-state index contributed by atoms with van der Waals surface area (Å²) in [5.74, 6) is 1.63. The predicted octanol–water partition coefficient (Wildman–Crippen LogP) is 5.61. The Morgan fingerprint density at radius 1 is 0.950 bits per heavy atom. The summed E-state index contributed by atoms with van der Waals surface area (Å²) in [5.41, 5.74) is 2.58. The molecule has 2 aromatic carbocycles. The van der Waals surface area contributed by atoms with E-state index in [0.29, 0.717) is 12.0 Å². The van der Waals surface area contributed by atoms with Crippen molar-refractivity contribution < 1.29 is 0 Å². The van der Waals surface area contributed by atoms with Crippen molar-refractivity contribution in [3.8, 4) is 0 Å². The van der Waals surface area contributed by atoms with E-state index in [2.05, 4.69) is 80.7 Å². The maximum atomic E-state index is 3.73. The first-order chi connectivity index (χ1) is 9.72. The second kappa shape index (κ2) is 7.39. The Morgan fingerprint density at radius 2 is 1.60 bits per heavy atom. The summed E-state index contributed by atoms with van der Waals surface area (Å²) < 4.78 is 0. The fourth-order valence-electron chi connectivity index (χ4n) is 2.33. The van der Waals surface area contributed by atoms with E-state index in [1.807, 2.05) is 11.8 Å². The fourth-order valence-corrected chi connectivity index (χ4v) is 3.10. The molecule has 2 heteroatoms. The average Bonchev–Trinajstić information content (AvgIpc) is 2.47. The molecule has 106 valence electrons. The van der Waals surface area contributed by atoms with Gasteiger partial charge in [-0.3, -0.25) is 0 Å². The number of thioether (sulfide) groups is 1. The van der Waals surface area contributed by atoms with Gasteiger partial charge in [-0.1, -0.05) is 63.2 Å².